The van der Waals surface area contributed by atoms with Gasteiger partial charge in [-0.15, -0.1) is 0 Å². The van der Waals surface area contributed by atoms with Gasteiger partial charge in [0.15, 0.2) is 0 Å². The topological polar surface area (TPSA) is 3.24 Å². The summed E-state index contributed by atoms with van der Waals surface area (Å²) in [6.07, 6.45) is 12.5. The van der Waals surface area contributed by atoms with Crippen LogP contribution in [0, 0.1) is 0 Å². The molecule has 0 aliphatic heterocycles. The maximum absolute atomic E-state index is 3.92. The van der Waals surface area contributed by atoms with Crippen molar-refractivity contribution < 1.29 is 0 Å². The van der Waals surface area contributed by atoms with Crippen LogP contribution in [0.5, 0.6) is 0 Å². The van der Waals surface area contributed by atoms with E-state index in [1.165, 1.54) is 47.4 Å². The second-order valence-electron chi connectivity index (χ2n) is 6.10. The predicted molar refractivity (Wildman–Crippen MR) is 114 cm³/mol. The molecule has 2 heteroatoms. The summed E-state index contributed by atoms with van der Waals surface area (Å²) in [7, 11) is 0. The van der Waals surface area contributed by atoms with E-state index in [1.54, 1.807) is 0 Å². The van der Waals surface area contributed by atoms with Gasteiger partial charge in [-0.05, 0) is 80.4 Å². The Morgan fingerprint density at radius 1 is 1.12 bits per heavy atom. The summed E-state index contributed by atoms with van der Waals surface area (Å²) in [5.74, 6) is 1.28. The second kappa shape index (κ2) is 12.2. The minimum Gasteiger partial charge on any atom is -0.372 e. The van der Waals surface area contributed by atoms with Crippen LogP contribution < -0.4 is 4.90 Å². The van der Waals surface area contributed by atoms with Crippen LogP contribution in [0.15, 0.2) is 36.9 Å². The van der Waals surface area contributed by atoms with Crippen LogP contribution in [0.4, 0.5) is 5.69 Å². The van der Waals surface area contributed by atoms with Crippen molar-refractivity contribution in [2.45, 2.75) is 52.9 Å². The summed E-state index contributed by atoms with van der Waals surface area (Å²) >= 11 is 1.95. The molecule has 0 amide bonds. The number of unbranched alkanes of at least 4 members (excludes halogenated alkanes) is 2. The fourth-order valence-electron chi connectivity index (χ4n) is 3.16. The van der Waals surface area contributed by atoms with E-state index in [0.29, 0.717) is 0 Å². The van der Waals surface area contributed by atoms with Crippen LogP contribution in [0.3, 0.4) is 0 Å². The molecule has 1 aromatic carbocycles. The van der Waals surface area contributed by atoms with Gasteiger partial charge in [-0.1, -0.05) is 38.1 Å². The molecular formula is C22H35NS. The first-order valence-electron chi connectivity index (χ1n) is 9.40. The molecule has 0 radical (unpaired) electrons. The van der Waals surface area contributed by atoms with Gasteiger partial charge >= 0.3 is 0 Å². The number of hydrogen-bond acceptors (Lipinski definition) is 2. The molecule has 1 nitrogen and oxygen atoms in total. The quantitative estimate of drug-likeness (QED) is 0.310. The van der Waals surface area contributed by atoms with E-state index in [0.717, 1.165) is 25.9 Å². The fraction of sp³-hybridized carbons (Fsp3) is 0.545. The number of allylic oxidation sites excluding steroid dienone is 3. The Labute approximate surface area is 154 Å². The molecule has 0 fully saturated rings. The van der Waals surface area contributed by atoms with Gasteiger partial charge in [0.2, 0.25) is 0 Å². The molecule has 0 spiro atoms. The smallest absolute Gasteiger partial charge is 0.0369 e. The van der Waals surface area contributed by atoms with Crippen molar-refractivity contribution in [1.82, 2.24) is 0 Å². The summed E-state index contributed by atoms with van der Waals surface area (Å²) in [6.45, 7) is 12.7. The molecular weight excluding hydrogens is 310 g/mol. The first-order valence-corrected chi connectivity index (χ1v) is 10.8. The summed E-state index contributed by atoms with van der Waals surface area (Å²) < 4.78 is 0. The average Bonchev–Trinajstić information content (AvgIpc) is 2.61. The Hall–Kier alpha value is -1.15. The molecule has 0 heterocycles. The Balaban J connectivity index is 2.93. The number of nitrogens with zero attached hydrogens (tertiary/aromatic N) is 1. The highest BCUT2D eigenvalue weighted by atomic mass is 32.2. The zero-order chi connectivity index (χ0) is 17.8. The molecule has 0 saturated heterocycles. The third-order valence-corrected chi connectivity index (χ3v) is 5.25. The van der Waals surface area contributed by atoms with Crippen LogP contribution in [0.25, 0.3) is 5.57 Å². The highest BCUT2D eigenvalue weighted by molar-refractivity contribution is 7.98. The largest absolute Gasteiger partial charge is 0.372 e. The molecule has 0 aromatic heterocycles. The van der Waals surface area contributed by atoms with E-state index < -0.39 is 0 Å². The average molecular weight is 346 g/mol. The van der Waals surface area contributed by atoms with Crippen molar-refractivity contribution in [2.24, 2.45) is 0 Å². The minimum absolute atomic E-state index is 1.06. The van der Waals surface area contributed by atoms with E-state index in [9.17, 15) is 0 Å². The maximum Gasteiger partial charge on any atom is 0.0369 e. The monoisotopic (exact) mass is 345 g/mol. The van der Waals surface area contributed by atoms with Crippen LogP contribution in [0.2, 0.25) is 0 Å². The molecule has 24 heavy (non-hydrogen) atoms. The Morgan fingerprint density at radius 2 is 1.88 bits per heavy atom. The highest BCUT2D eigenvalue weighted by Gasteiger charge is 2.10. The lowest BCUT2D eigenvalue weighted by molar-refractivity contribution is 0.741. The number of hydrogen-bond donors (Lipinski definition) is 0. The van der Waals surface area contributed by atoms with Crippen molar-refractivity contribution >= 4 is 23.0 Å². The Kier molecular flexibility index (Phi) is 10.7. The Bertz CT molecular complexity index is 515. The van der Waals surface area contributed by atoms with Crippen LogP contribution in [0.1, 0.15) is 57.6 Å². The van der Waals surface area contributed by atoms with Crippen molar-refractivity contribution in [3.05, 3.63) is 48.1 Å². The van der Waals surface area contributed by atoms with Crippen molar-refractivity contribution in [1.29, 1.82) is 0 Å². The highest BCUT2D eigenvalue weighted by Crippen LogP contribution is 2.29. The van der Waals surface area contributed by atoms with E-state index in [1.807, 2.05) is 17.8 Å². The first kappa shape index (κ1) is 20.9. The molecule has 1 aromatic rings. The summed E-state index contributed by atoms with van der Waals surface area (Å²) in [4.78, 5) is 2.42. The zero-order valence-electron chi connectivity index (χ0n) is 16.1. The minimum atomic E-state index is 1.06. The van der Waals surface area contributed by atoms with Crippen molar-refractivity contribution in [3.8, 4) is 0 Å². The van der Waals surface area contributed by atoms with Gasteiger partial charge < -0.3 is 4.90 Å². The first-order chi connectivity index (χ1) is 11.7. The lowest BCUT2D eigenvalue weighted by atomic mass is 9.93. The normalized spacial score (nSPS) is 11.6. The molecule has 0 N–H and O–H groups in total. The van der Waals surface area contributed by atoms with E-state index in [4.69, 9.17) is 0 Å². The number of rotatable bonds is 12. The Morgan fingerprint density at radius 3 is 2.46 bits per heavy atom. The second-order valence-corrected chi connectivity index (χ2v) is 7.08. The maximum atomic E-state index is 3.92. The van der Waals surface area contributed by atoms with E-state index in [2.05, 4.69) is 62.8 Å². The third kappa shape index (κ3) is 6.39. The summed E-state index contributed by atoms with van der Waals surface area (Å²) in [5, 5.41) is 0. The van der Waals surface area contributed by atoms with Gasteiger partial charge in [-0.3, -0.25) is 0 Å². The number of benzene rings is 1. The zero-order valence-corrected chi connectivity index (χ0v) is 16.9. The summed E-state index contributed by atoms with van der Waals surface area (Å²) in [6, 6.07) is 6.99. The lowest BCUT2D eigenvalue weighted by Crippen LogP contribution is -2.21. The van der Waals surface area contributed by atoms with Crippen molar-refractivity contribution in [3.63, 3.8) is 0 Å². The molecule has 0 aliphatic carbocycles. The van der Waals surface area contributed by atoms with Gasteiger partial charge in [-0.2, -0.15) is 11.8 Å². The van der Waals surface area contributed by atoms with Crippen LogP contribution >= 0.6 is 11.8 Å². The summed E-state index contributed by atoms with van der Waals surface area (Å²) in [5.41, 5.74) is 5.66. The van der Waals surface area contributed by atoms with Crippen molar-refractivity contribution in [2.75, 3.05) is 30.0 Å². The van der Waals surface area contributed by atoms with Gasteiger partial charge in [0, 0.05) is 18.8 Å². The standard InChI is InChI=1S/C22H35NS/c1-6-13-20(14-11-10-12-17-24-5)22-16-15-21(18-19(22)7-2)23(8-3)9-4/h6,13,15-16,18H,1,7-12,14,17H2,2-5H3/b20-13-. The molecule has 134 valence electrons. The van der Waals surface area contributed by atoms with Crippen LogP contribution in [-0.4, -0.2) is 25.1 Å². The molecule has 0 atom stereocenters. The molecule has 1 rings (SSSR count). The number of anilines is 1. The van der Waals surface area contributed by atoms with Crippen LogP contribution in [-0.2, 0) is 6.42 Å². The third-order valence-electron chi connectivity index (χ3n) is 4.56. The van der Waals surface area contributed by atoms with Gasteiger partial charge in [-0.25, -0.2) is 0 Å². The molecule has 0 saturated carbocycles. The predicted octanol–water partition coefficient (Wildman–Crippen LogP) is 6.59. The molecule has 0 bridgehead atoms. The number of thioether (sulfide) groups is 1. The fourth-order valence-corrected chi connectivity index (χ4v) is 3.65. The lowest BCUT2D eigenvalue weighted by Gasteiger charge is -2.23. The molecule has 0 unspecified atom stereocenters. The molecule has 0 aliphatic rings. The van der Waals surface area contributed by atoms with E-state index in [-0.39, 0.29) is 0 Å². The van der Waals surface area contributed by atoms with Gasteiger partial charge in [0.25, 0.3) is 0 Å². The number of aryl methyl sites for hydroxylation is 1. The SMILES string of the molecule is C=C/C=C(/CCCCCSC)c1ccc(N(CC)CC)cc1CC. The van der Waals surface area contributed by atoms with Gasteiger partial charge in [0.05, 0.1) is 0 Å². The van der Waals surface area contributed by atoms with Gasteiger partial charge in [0.1, 0.15) is 0 Å². The van der Waals surface area contributed by atoms with E-state index >= 15 is 0 Å².